The third-order valence-corrected chi connectivity index (χ3v) is 4.30. The zero-order valence-corrected chi connectivity index (χ0v) is 13.8. The van der Waals surface area contributed by atoms with Gasteiger partial charge in [-0.15, -0.1) is 0 Å². The van der Waals surface area contributed by atoms with Crippen molar-refractivity contribution in [1.29, 1.82) is 0 Å². The van der Waals surface area contributed by atoms with Gasteiger partial charge in [0.2, 0.25) is 0 Å². The lowest BCUT2D eigenvalue weighted by Crippen LogP contribution is -2.54. The van der Waals surface area contributed by atoms with Gasteiger partial charge in [0.05, 0.1) is 17.7 Å². The maximum atomic E-state index is 14.4. The molecule has 2 rings (SSSR count). The van der Waals surface area contributed by atoms with E-state index in [9.17, 15) is 9.18 Å². The summed E-state index contributed by atoms with van der Waals surface area (Å²) in [5, 5.41) is -0.0230. The van der Waals surface area contributed by atoms with E-state index >= 15 is 0 Å². The highest BCUT2D eigenvalue weighted by atomic mass is 35.5. The summed E-state index contributed by atoms with van der Waals surface area (Å²) in [4.78, 5) is 14.0. The lowest BCUT2D eigenvalue weighted by molar-refractivity contribution is 0.0448. The van der Waals surface area contributed by atoms with E-state index in [2.05, 4.69) is 25.7 Å². The van der Waals surface area contributed by atoms with Gasteiger partial charge in [-0.2, -0.15) is 0 Å². The molecule has 1 aliphatic heterocycles. The van der Waals surface area contributed by atoms with Crippen LogP contribution in [0.2, 0.25) is 5.02 Å². The zero-order chi connectivity index (χ0) is 15.9. The normalized spacial score (nSPS) is 16.7. The van der Waals surface area contributed by atoms with Gasteiger partial charge in [-0.1, -0.05) is 11.6 Å². The quantitative estimate of drug-likeness (QED) is 0.793. The molecule has 116 valence electrons. The van der Waals surface area contributed by atoms with Gasteiger partial charge in [-0.05, 0) is 33.8 Å². The molecule has 0 aromatic heterocycles. The number of halogens is 2. The second-order valence-electron chi connectivity index (χ2n) is 6.50. The summed E-state index contributed by atoms with van der Waals surface area (Å²) in [5.41, 5.74) is 0.811. The van der Waals surface area contributed by atoms with Crippen LogP contribution >= 0.6 is 11.6 Å². The van der Waals surface area contributed by atoms with Gasteiger partial charge >= 0.3 is 0 Å². The summed E-state index contributed by atoms with van der Waals surface area (Å²) in [6.07, 6.45) is 0. The first-order valence-corrected chi connectivity index (χ1v) is 7.36. The maximum Gasteiger partial charge on any atom is 0.163 e. The van der Waals surface area contributed by atoms with Gasteiger partial charge in [0.25, 0.3) is 0 Å². The topological polar surface area (TPSA) is 29.5 Å². The highest BCUT2D eigenvalue weighted by Gasteiger charge is 2.39. The molecule has 21 heavy (non-hydrogen) atoms. The third-order valence-electron chi connectivity index (χ3n) is 4.03. The molecule has 1 aromatic carbocycles. The number of hydrogen-bond donors (Lipinski definition) is 0. The Kier molecular flexibility index (Phi) is 4.31. The summed E-state index contributed by atoms with van der Waals surface area (Å²) in [7, 11) is 1.46. The van der Waals surface area contributed by atoms with E-state index in [0.717, 1.165) is 13.1 Å². The molecule has 0 spiro atoms. The smallest absolute Gasteiger partial charge is 0.163 e. The van der Waals surface area contributed by atoms with Crippen molar-refractivity contribution >= 4 is 17.4 Å². The Bertz CT molecular complexity index is 575. The van der Waals surface area contributed by atoms with Crippen LogP contribution in [0.5, 0.6) is 5.75 Å². The molecule has 1 aromatic rings. The van der Waals surface area contributed by atoms with Crippen LogP contribution < -0.4 is 4.74 Å². The van der Waals surface area contributed by atoms with E-state index < -0.39 is 5.82 Å². The molecule has 0 aliphatic carbocycles. The van der Waals surface area contributed by atoms with Crippen molar-refractivity contribution in [2.45, 2.75) is 39.2 Å². The molecule has 0 atom stereocenters. The number of carbonyl (C=O) groups excluding carboxylic acids is 1. The fraction of sp³-hybridized carbons (Fsp3) is 0.562. The second kappa shape index (κ2) is 5.58. The lowest BCUT2D eigenvalue weighted by atomic mass is 9.85. The van der Waals surface area contributed by atoms with E-state index in [4.69, 9.17) is 16.3 Å². The number of carbonyl (C=O) groups is 1. The SMILES string of the molecule is COc1c(C(C)=O)cc(Cl)c(F)c1C1CN(C(C)(C)C)C1. The Morgan fingerprint density at radius 2 is 2.00 bits per heavy atom. The summed E-state index contributed by atoms with van der Waals surface area (Å²) in [5.74, 6) is -0.335. The Morgan fingerprint density at radius 1 is 1.43 bits per heavy atom. The predicted molar refractivity (Wildman–Crippen MR) is 82.0 cm³/mol. The van der Waals surface area contributed by atoms with E-state index in [1.165, 1.54) is 20.1 Å². The van der Waals surface area contributed by atoms with Crippen LogP contribution in [0, 0.1) is 5.82 Å². The number of benzene rings is 1. The minimum Gasteiger partial charge on any atom is -0.496 e. The van der Waals surface area contributed by atoms with E-state index in [1.807, 2.05) is 0 Å². The van der Waals surface area contributed by atoms with Gasteiger partial charge in [0, 0.05) is 30.1 Å². The number of methoxy groups -OCH3 is 1. The minimum absolute atomic E-state index is 0.00373. The molecule has 5 heteroatoms. The highest BCUT2D eigenvalue weighted by Crippen LogP contribution is 2.42. The Morgan fingerprint density at radius 3 is 2.43 bits per heavy atom. The summed E-state index contributed by atoms with van der Waals surface area (Å²) < 4.78 is 19.8. The largest absolute Gasteiger partial charge is 0.496 e. The molecular weight excluding hydrogens is 293 g/mol. The van der Waals surface area contributed by atoms with Crippen LogP contribution in [0.15, 0.2) is 6.07 Å². The molecule has 1 saturated heterocycles. The van der Waals surface area contributed by atoms with Crippen molar-refractivity contribution in [3.05, 3.63) is 28.0 Å². The van der Waals surface area contributed by atoms with Crippen molar-refractivity contribution < 1.29 is 13.9 Å². The van der Waals surface area contributed by atoms with Crippen LogP contribution in [0.25, 0.3) is 0 Å². The van der Waals surface area contributed by atoms with Crippen molar-refractivity contribution in [1.82, 2.24) is 4.90 Å². The van der Waals surface area contributed by atoms with Gasteiger partial charge in [-0.3, -0.25) is 9.69 Å². The van der Waals surface area contributed by atoms with Crippen molar-refractivity contribution in [2.24, 2.45) is 0 Å². The monoisotopic (exact) mass is 313 g/mol. The van der Waals surface area contributed by atoms with Crippen LogP contribution in [0.4, 0.5) is 4.39 Å². The van der Waals surface area contributed by atoms with Crippen LogP contribution in [-0.4, -0.2) is 36.4 Å². The van der Waals surface area contributed by atoms with Gasteiger partial charge in [0.15, 0.2) is 5.78 Å². The predicted octanol–water partition coefficient (Wildman–Crippen LogP) is 3.89. The number of likely N-dealkylation sites (tertiary alicyclic amines) is 1. The second-order valence-corrected chi connectivity index (χ2v) is 6.90. The third kappa shape index (κ3) is 2.92. The molecule has 3 nitrogen and oxygen atoms in total. The summed E-state index contributed by atoms with van der Waals surface area (Å²) in [6.45, 7) is 9.25. The number of rotatable bonds is 3. The molecule has 1 fully saturated rings. The number of Topliss-reactive ketones (excluding diaryl/α,β-unsaturated/α-hetero) is 1. The standard InChI is InChI=1S/C16H21ClFNO2/c1-9(20)11-6-12(17)14(18)13(15(11)21-5)10-7-19(8-10)16(2,3)4/h6,10H,7-8H2,1-5H3. The number of ketones is 1. The Labute approximate surface area is 130 Å². The van der Waals surface area contributed by atoms with Crippen LogP contribution in [0.3, 0.4) is 0 Å². The highest BCUT2D eigenvalue weighted by molar-refractivity contribution is 6.31. The first-order valence-electron chi connectivity index (χ1n) is 6.98. The number of nitrogens with zero attached hydrogens (tertiary/aromatic N) is 1. The van der Waals surface area contributed by atoms with E-state index in [0.29, 0.717) is 16.9 Å². The average molecular weight is 314 g/mol. The molecular formula is C16H21ClFNO2. The van der Waals surface area contributed by atoms with E-state index in [1.54, 1.807) is 0 Å². The van der Waals surface area contributed by atoms with Gasteiger partial charge in [-0.25, -0.2) is 4.39 Å². The van der Waals surface area contributed by atoms with Gasteiger partial charge in [0.1, 0.15) is 11.6 Å². The minimum atomic E-state index is -0.475. The first kappa shape index (κ1) is 16.2. The summed E-state index contributed by atoms with van der Waals surface area (Å²) in [6, 6.07) is 1.35. The number of hydrogen-bond acceptors (Lipinski definition) is 3. The lowest BCUT2D eigenvalue weighted by Gasteiger charge is -2.48. The molecule has 0 N–H and O–H groups in total. The van der Waals surface area contributed by atoms with E-state index in [-0.39, 0.29) is 22.3 Å². The Hall–Kier alpha value is -1.13. The van der Waals surface area contributed by atoms with Crippen molar-refractivity contribution in [3.63, 3.8) is 0 Å². The van der Waals surface area contributed by atoms with Crippen molar-refractivity contribution in [3.8, 4) is 5.75 Å². The summed E-state index contributed by atoms with van der Waals surface area (Å²) >= 11 is 5.95. The van der Waals surface area contributed by atoms with Gasteiger partial charge < -0.3 is 4.74 Å². The Balaban J connectivity index is 2.42. The fourth-order valence-electron chi connectivity index (χ4n) is 2.68. The number of ether oxygens (including phenoxy) is 1. The van der Waals surface area contributed by atoms with Crippen molar-refractivity contribution in [2.75, 3.05) is 20.2 Å². The molecule has 0 amide bonds. The molecule has 1 heterocycles. The van der Waals surface area contributed by atoms with Crippen LogP contribution in [0.1, 0.15) is 49.5 Å². The molecule has 0 unspecified atom stereocenters. The average Bonchev–Trinajstić information content (AvgIpc) is 2.30. The maximum absolute atomic E-state index is 14.4. The molecule has 1 aliphatic rings. The first-order chi connectivity index (χ1) is 9.66. The fourth-order valence-corrected chi connectivity index (χ4v) is 2.89. The molecule has 0 saturated carbocycles. The zero-order valence-electron chi connectivity index (χ0n) is 13.1. The molecule has 0 bridgehead atoms. The molecule has 0 radical (unpaired) electrons. The van der Waals surface area contributed by atoms with Crippen LogP contribution in [-0.2, 0) is 0 Å².